The smallest absolute Gasteiger partial charge is 0.165 e. The van der Waals surface area contributed by atoms with E-state index in [1.54, 1.807) is 0 Å². The van der Waals surface area contributed by atoms with Crippen LogP contribution in [0.1, 0.15) is 11.3 Å². The third-order valence-corrected chi connectivity index (χ3v) is 5.32. The van der Waals surface area contributed by atoms with E-state index >= 15 is 0 Å². The number of anilines is 1. The van der Waals surface area contributed by atoms with Crippen LogP contribution in [0.15, 0.2) is 49.2 Å². The van der Waals surface area contributed by atoms with E-state index in [9.17, 15) is 0 Å². The Labute approximate surface area is 165 Å². The highest BCUT2D eigenvalue weighted by Crippen LogP contribution is 2.31. The van der Waals surface area contributed by atoms with Crippen LogP contribution in [0, 0.1) is 18.3 Å². The molecule has 2 aromatic heterocycles. The molecular weight excluding hydrogens is 348 g/mol. The van der Waals surface area contributed by atoms with Gasteiger partial charge < -0.3 is 4.90 Å². The third kappa shape index (κ3) is 3.25. The van der Waals surface area contributed by atoms with Crippen molar-refractivity contribution in [2.75, 3.05) is 37.6 Å². The minimum Gasteiger partial charge on any atom is -0.354 e. The van der Waals surface area contributed by atoms with E-state index < -0.39 is 0 Å². The number of hydrogen-bond donors (Lipinski definition) is 0. The average molecular weight is 372 g/mol. The molecule has 0 atom stereocenters. The highest BCUT2D eigenvalue weighted by molar-refractivity contribution is 5.79. The van der Waals surface area contributed by atoms with Gasteiger partial charge in [0.15, 0.2) is 5.65 Å². The topological polar surface area (TPSA) is 60.5 Å². The normalized spacial score (nSPS) is 14.9. The molecule has 1 saturated heterocycles. The molecule has 6 heteroatoms. The van der Waals surface area contributed by atoms with Crippen molar-refractivity contribution in [3.63, 3.8) is 0 Å². The average Bonchev–Trinajstić information content (AvgIpc) is 3.13. The van der Waals surface area contributed by atoms with Crippen LogP contribution in [-0.2, 0) is 6.42 Å². The first kappa shape index (κ1) is 18.2. The molecule has 0 radical (unpaired) electrons. The summed E-state index contributed by atoms with van der Waals surface area (Å²) in [6.07, 6.45) is 4.58. The SMILES string of the molecule is C=CCc1c(C)nc2c(-c3ccccc3)cnn2c1N1CCN(CC#N)CC1. The number of aromatic nitrogens is 3. The maximum Gasteiger partial charge on any atom is 0.165 e. The summed E-state index contributed by atoms with van der Waals surface area (Å²) in [6.45, 7) is 9.96. The predicted octanol–water partition coefficient (Wildman–Crippen LogP) is 3.08. The number of fused-ring (bicyclic) bond motifs is 1. The number of aryl methyl sites for hydroxylation is 1. The lowest BCUT2D eigenvalue weighted by molar-refractivity contribution is 0.285. The summed E-state index contributed by atoms with van der Waals surface area (Å²) < 4.78 is 1.98. The molecule has 0 saturated carbocycles. The predicted molar refractivity (Wildman–Crippen MR) is 111 cm³/mol. The molecule has 3 heterocycles. The first-order valence-corrected chi connectivity index (χ1v) is 9.60. The standard InChI is InChI=1S/C22H24N6/c1-3-7-19-17(2)25-21-20(18-8-5-4-6-9-18)16-24-28(21)22(19)27-14-12-26(11-10-23)13-15-27/h3-6,8-9,16H,1,7,11-15H2,2H3. The number of piperazine rings is 1. The highest BCUT2D eigenvalue weighted by atomic mass is 15.4. The maximum absolute atomic E-state index is 8.97. The zero-order chi connectivity index (χ0) is 19.5. The van der Waals surface area contributed by atoms with Gasteiger partial charge in [0.1, 0.15) is 5.82 Å². The fourth-order valence-corrected chi connectivity index (χ4v) is 3.87. The number of rotatable bonds is 5. The van der Waals surface area contributed by atoms with Gasteiger partial charge >= 0.3 is 0 Å². The van der Waals surface area contributed by atoms with Crippen LogP contribution in [0.3, 0.4) is 0 Å². The van der Waals surface area contributed by atoms with Crippen LogP contribution in [0.2, 0.25) is 0 Å². The van der Waals surface area contributed by atoms with Crippen molar-refractivity contribution in [2.45, 2.75) is 13.3 Å². The molecule has 0 bridgehead atoms. The number of allylic oxidation sites excluding steroid dienone is 1. The molecule has 28 heavy (non-hydrogen) atoms. The van der Waals surface area contributed by atoms with Crippen molar-refractivity contribution >= 4 is 11.5 Å². The van der Waals surface area contributed by atoms with Crippen LogP contribution in [-0.4, -0.2) is 52.2 Å². The number of nitrogens with zero attached hydrogens (tertiary/aromatic N) is 6. The van der Waals surface area contributed by atoms with Gasteiger partial charge in [-0.25, -0.2) is 4.98 Å². The highest BCUT2D eigenvalue weighted by Gasteiger charge is 2.24. The molecule has 4 rings (SSSR count). The lowest BCUT2D eigenvalue weighted by atomic mass is 10.1. The molecule has 1 aliphatic rings. The van der Waals surface area contributed by atoms with Gasteiger partial charge in [0, 0.05) is 43.0 Å². The van der Waals surface area contributed by atoms with Gasteiger partial charge in [-0.1, -0.05) is 36.4 Å². The Morgan fingerprint density at radius 1 is 1.18 bits per heavy atom. The summed E-state index contributed by atoms with van der Waals surface area (Å²) in [7, 11) is 0. The van der Waals surface area contributed by atoms with Crippen LogP contribution in [0.5, 0.6) is 0 Å². The van der Waals surface area contributed by atoms with Gasteiger partial charge in [0.05, 0.1) is 18.8 Å². The van der Waals surface area contributed by atoms with Crippen LogP contribution in [0.4, 0.5) is 5.82 Å². The molecule has 0 aliphatic carbocycles. The van der Waals surface area contributed by atoms with E-state index in [2.05, 4.69) is 41.5 Å². The Bertz CT molecular complexity index is 1020. The van der Waals surface area contributed by atoms with E-state index in [1.165, 1.54) is 5.56 Å². The number of nitriles is 1. The molecule has 1 aromatic carbocycles. The number of hydrogen-bond acceptors (Lipinski definition) is 5. The van der Waals surface area contributed by atoms with E-state index in [4.69, 9.17) is 15.3 Å². The minimum absolute atomic E-state index is 0.484. The summed E-state index contributed by atoms with van der Waals surface area (Å²) in [5.41, 5.74) is 5.22. The summed E-state index contributed by atoms with van der Waals surface area (Å²) in [5, 5.41) is 13.7. The largest absolute Gasteiger partial charge is 0.354 e. The van der Waals surface area contributed by atoms with Crippen molar-refractivity contribution in [1.29, 1.82) is 5.26 Å². The Hall–Kier alpha value is -3.17. The lowest BCUT2D eigenvalue weighted by Crippen LogP contribution is -2.47. The zero-order valence-corrected chi connectivity index (χ0v) is 16.2. The molecule has 1 aliphatic heterocycles. The van der Waals surface area contributed by atoms with Gasteiger partial charge in [-0.05, 0) is 18.9 Å². The Balaban J connectivity index is 1.82. The minimum atomic E-state index is 0.484. The van der Waals surface area contributed by atoms with Gasteiger partial charge in [0.2, 0.25) is 0 Å². The summed E-state index contributed by atoms with van der Waals surface area (Å²) in [6, 6.07) is 12.5. The molecule has 0 amide bonds. The van der Waals surface area contributed by atoms with Crippen LogP contribution in [0.25, 0.3) is 16.8 Å². The van der Waals surface area contributed by atoms with Gasteiger partial charge in [-0.3, -0.25) is 4.90 Å². The second-order valence-corrected chi connectivity index (χ2v) is 7.07. The molecule has 6 nitrogen and oxygen atoms in total. The fourth-order valence-electron chi connectivity index (χ4n) is 3.87. The molecule has 1 fully saturated rings. The second-order valence-electron chi connectivity index (χ2n) is 7.07. The lowest BCUT2D eigenvalue weighted by Gasteiger charge is -2.36. The van der Waals surface area contributed by atoms with Crippen molar-refractivity contribution in [1.82, 2.24) is 19.5 Å². The monoisotopic (exact) mass is 372 g/mol. The summed E-state index contributed by atoms with van der Waals surface area (Å²) in [4.78, 5) is 9.46. The van der Waals surface area contributed by atoms with E-state index in [0.717, 1.165) is 60.9 Å². The molecule has 3 aromatic rings. The maximum atomic E-state index is 8.97. The van der Waals surface area contributed by atoms with Gasteiger partial charge in [-0.2, -0.15) is 14.9 Å². The van der Waals surface area contributed by atoms with Gasteiger partial charge in [-0.15, -0.1) is 6.58 Å². The van der Waals surface area contributed by atoms with Crippen molar-refractivity contribution in [3.8, 4) is 17.2 Å². The fraction of sp³-hybridized carbons (Fsp3) is 0.318. The second kappa shape index (κ2) is 7.83. The van der Waals surface area contributed by atoms with Crippen molar-refractivity contribution in [2.24, 2.45) is 0 Å². The van der Waals surface area contributed by atoms with Crippen molar-refractivity contribution < 1.29 is 0 Å². The molecule has 142 valence electrons. The van der Waals surface area contributed by atoms with Crippen LogP contribution >= 0.6 is 0 Å². The summed E-state index contributed by atoms with van der Waals surface area (Å²) >= 11 is 0. The molecule has 0 unspecified atom stereocenters. The third-order valence-electron chi connectivity index (χ3n) is 5.32. The molecule has 0 N–H and O–H groups in total. The summed E-state index contributed by atoms with van der Waals surface area (Å²) in [5.74, 6) is 1.10. The number of benzene rings is 1. The quantitative estimate of drug-likeness (QED) is 0.509. The Kier molecular flexibility index (Phi) is 5.09. The van der Waals surface area contributed by atoms with E-state index in [0.29, 0.717) is 6.54 Å². The Morgan fingerprint density at radius 3 is 2.61 bits per heavy atom. The van der Waals surface area contributed by atoms with Crippen LogP contribution < -0.4 is 4.90 Å². The van der Waals surface area contributed by atoms with Crippen molar-refractivity contribution in [3.05, 3.63) is 60.4 Å². The molecule has 0 spiro atoms. The van der Waals surface area contributed by atoms with E-state index in [-0.39, 0.29) is 0 Å². The first-order valence-electron chi connectivity index (χ1n) is 9.60. The Morgan fingerprint density at radius 2 is 1.93 bits per heavy atom. The molecular formula is C22H24N6. The first-order chi connectivity index (χ1) is 13.7. The zero-order valence-electron chi connectivity index (χ0n) is 16.2. The van der Waals surface area contributed by atoms with Gasteiger partial charge in [0.25, 0.3) is 0 Å². The van der Waals surface area contributed by atoms with E-state index in [1.807, 2.05) is 35.0 Å².